The SMILES string of the molecule is CNC(=O)C(NC(=O)C1=Cc2ccccc2OC1)c1ccc(F)c(F)c1. The monoisotopic (exact) mass is 358 g/mol. The maximum absolute atomic E-state index is 13.5. The van der Waals surface area contributed by atoms with Crippen molar-refractivity contribution in [3.8, 4) is 5.75 Å². The highest BCUT2D eigenvalue weighted by Gasteiger charge is 2.26. The molecular weight excluding hydrogens is 342 g/mol. The van der Waals surface area contributed by atoms with E-state index in [9.17, 15) is 18.4 Å². The number of para-hydroxylation sites is 1. The number of likely N-dealkylation sites (N-methyl/N-ethyl adjacent to an activating group) is 1. The molecule has 1 heterocycles. The first-order chi connectivity index (χ1) is 12.5. The summed E-state index contributed by atoms with van der Waals surface area (Å²) in [6.45, 7) is 0.0427. The van der Waals surface area contributed by atoms with Gasteiger partial charge in [0.2, 0.25) is 5.91 Å². The highest BCUT2D eigenvalue weighted by molar-refractivity contribution is 6.01. The van der Waals surface area contributed by atoms with Crippen LogP contribution in [-0.4, -0.2) is 25.5 Å². The van der Waals surface area contributed by atoms with Crippen LogP contribution in [0, 0.1) is 11.6 Å². The summed E-state index contributed by atoms with van der Waals surface area (Å²) in [4.78, 5) is 24.7. The quantitative estimate of drug-likeness (QED) is 0.882. The summed E-state index contributed by atoms with van der Waals surface area (Å²) in [7, 11) is 1.39. The van der Waals surface area contributed by atoms with Crippen LogP contribution in [0.4, 0.5) is 8.78 Å². The topological polar surface area (TPSA) is 67.4 Å². The Hall–Kier alpha value is -3.22. The van der Waals surface area contributed by atoms with Gasteiger partial charge in [-0.25, -0.2) is 8.78 Å². The zero-order valence-corrected chi connectivity index (χ0v) is 13.9. The standard InChI is InChI=1S/C19H16F2N2O3/c1-22-19(25)17(12-6-7-14(20)15(21)9-12)23-18(24)13-8-11-4-2-3-5-16(11)26-10-13/h2-9,17H,10H2,1H3,(H,22,25)(H,23,24). The highest BCUT2D eigenvalue weighted by atomic mass is 19.2. The van der Waals surface area contributed by atoms with Gasteiger partial charge in [0.05, 0.1) is 5.57 Å². The largest absolute Gasteiger partial charge is 0.488 e. The number of nitrogens with one attached hydrogen (secondary N) is 2. The predicted molar refractivity (Wildman–Crippen MR) is 91.2 cm³/mol. The molecule has 0 spiro atoms. The summed E-state index contributed by atoms with van der Waals surface area (Å²) < 4.78 is 32.2. The summed E-state index contributed by atoms with van der Waals surface area (Å²) in [6, 6.07) is 9.10. The molecule has 1 atom stereocenters. The number of hydrogen-bond donors (Lipinski definition) is 2. The van der Waals surface area contributed by atoms with Crippen LogP contribution in [0.25, 0.3) is 6.08 Å². The molecule has 3 rings (SSSR count). The van der Waals surface area contributed by atoms with Crippen LogP contribution < -0.4 is 15.4 Å². The molecule has 7 heteroatoms. The maximum Gasteiger partial charge on any atom is 0.251 e. The zero-order valence-electron chi connectivity index (χ0n) is 13.9. The number of carbonyl (C=O) groups excluding carboxylic acids is 2. The predicted octanol–water partition coefficient (Wildman–Crippen LogP) is 2.34. The maximum atomic E-state index is 13.5. The summed E-state index contributed by atoms with van der Waals surface area (Å²) in [5.74, 6) is -2.55. The van der Waals surface area contributed by atoms with Gasteiger partial charge in [-0.1, -0.05) is 24.3 Å². The van der Waals surface area contributed by atoms with Gasteiger partial charge in [-0.3, -0.25) is 9.59 Å². The first-order valence-corrected chi connectivity index (χ1v) is 7.89. The minimum Gasteiger partial charge on any atom is -0.488 e. The number of rotatable bonds is 4. The van der Waals surface area contributed by atoms with Crippen molar-refractivity contribution in [3.05, 3.63) is 70.8 Å². The van der Waals surface area contributed by atoms with Crippen LogP contribution in [-0.2, 0) is 9.59 Å². The third-order valence-corrected chi connectivity index (χ3v) is 3.98. The van der Waals surface area contributed by atoms with Crippen LogP contribution in [0.3, 0.4) is 0 Å². The minimum absolute atomic E-state index is 0.0427. The van der Waals surface area contributed by atoms with E-state index in [4.69, 9.17) is 4.74 Å². The number of ether oxygens (including phenoxy) is 1. The molecule has 1 unspecified atom stereocenters. The smallest absolute Gasteiger partial charge is 0.251 e. The number of benzene rings is 2. The van der Waals surface area contributed by atoms with E-state index in [1.54, 1.807) is 18.2 Å². The minimum atomic E-state index is -1.17. The molecule has 0 bridgehead atoms. The second-order valence-electron chi connectivity index (χ2n) is 5.69. The number of fused-ring (bicyclic) bond motifs is 1. The van der Waals surface area contributed by atoms with Crippen LogP contribution in [0.2, 0.25) is 0 Å². The van der Waals surface area contributed by atoms with Crippen molar-refractivity contribution in [2.75, 3.05) is 13.7 Å². The molecule has 0 fully saturated rings. The Labute approximate surface area is 148 Å². The van der Waals surface area contributed by atoms with Gasteiger partial charge in [-0.05, 0) is 29.8 Å². The summed E-state index contributed by atoms with van der Waals surface area (Å²) in [5.41, 5.74) is 1.20. The van der Waals surface area contributed by atoms with E-state index in [0.29, 0.717) is 11.3 Å². The number of amides is 2. The molecular formula is C19H16F2N2O3. The summed E-state index contributed by atoms with van der Waals surface area (Å²) >= 11 is 0. The molecule has 1 aliphatic rings. The van der Waals surface area contributed by atoms with E-state index in [1.165, 1.54) is 13.1 Å². The molecule has 0 saturated carbocycles. The molecule has 2 N–H and O–H groups in total. The van der Waals surface area contributed by atoms with E-state index in [-0.39, 0.29) is 12.2 Å². The Balaban J connectivity index is 1.85. The van der Waals surface area contributed by atoms with Crippen molar-refractivity contribution < 1.29 is 23.1 Å². The van der Waals surface area contributed by atoms with Crippen LogP contribution in [0.5, 0.6) is 5.75 Å². The molecule has 0 radical (unpaired) electrons. The first-order valence-electron chi connectivity index (χ1n) is 7.89. The summed E-state index contributed by atoms with van der Waals surface area (Å²) in [5, 5.41) is 4.94. The first kappa shape index (κ1) is 17.6. The van der Waals surface area contributed by atoms with Gasteiger partial charge < -0.3 is 15.4 Å². The second-order valence-corrected chi connectivity index (χ2v) is 5.69. The van der Waals surface area contributed by atoms with E-state index in [1.807, 2.05) is 12.1 Å². The second kappa shape index (κ2) is 7.35. The Morgan fingerprint density at radius 1 is 1.12 bits per heavy atom. The third-order valence-electron chi connectivity index (χ3n) is 3.98. The zero-order chi connectivity index (χ0) is 18.7. The molecule has 1 aliphatic heterocycles. The Bertz CT molecular complexity index is 896. The van der Waals surface area contributed by atoms with Crippen molar-refractivity contribution in [2.24, 2.45) is 0 Å². The third kappa shape index (κ3) is 3.56. The molecule has 0 saturated heterocycles. The van der Waals surface area contributed by atoms with Crippen LogP contribution >= 0.6 is 0 Å². The molecule has 26 heavy (non-hydrogen) atoms. The Morgan fingerprint density at radius 3 is 2.62 bits per heavy atom. The molecule has 5 nitrogen and oxygen atoms in total. The molecule has 2 amide bonds. The van der Waals surface area contributed by atoms with Gasteiger partial charge in [-0.15, -0.1) is 0 Å². The van der Waals surface area contributed by atoms with Crippen molar-refractivity contribution in [3.63, 3.8) is 0 Å². The van der Waals surface area contributed by atoms with Crippen LogP contribution in [0.1, 0.15) is 17.2 Å². The molecule has 0 aliphatic carbocycles. The lowest BCUT2D eigenvalue weighted by Gasteiger charge is -2.21. The van der Waals surface area contributed by atoms with Gasteiger partial charge in [0, 0.05) is 12.6 Å². The lowest BCUT2D eigenvalue weighted by molar-refractivity contribution is -0.127. The van der Waals surface area contributed by atoms with E-state index >= 15 is 0 Å². The highest BCUT2D eigenvalue weighted by Crippen LogP contribution is 2.26. The Morgan fingerprint density at radius 2 is 1.88 bits per heavy atom. The number of hydrogen-bond acceptors (Lipinski definition) is 3. The molecule has 2 aromatic rings. The van der Waals surface area contributed by atoms with Crippen molar-refractivity contribution in [1.29, 1.82) is 0 Å². The molecule has 134 valence electrons. The fourth-order valence-electron chi connectivity index (χ4n) is 2.61. The average molecular weight is 358 g/mol. The van der Waals surface area contributed by atoms with Crippen molar-refractivity contribution >= 4 is 17.9 Å². The van der Waals surface area contributed by atoms with Crippen LogP contribution in [0.15, 0.2) is 48.0 Å². The van der Waals surface area contributed by atoms with Gasteiger partial charge in [-0.2, -0.15) is 0 Å². The van der Waals surface area contributed by atoms with Crippen molar-refractivity contribution in [2.45, 2.75) is 6.04 Å². The fraction of sp³-hybridized carbons (Fsp3) is 0.158. The normalized spacial score (nSPS) is 13.7. The van der Waals surface area contributed by atoms with Gasteiger partial charge in [0.15, 0.2) is 11.6 Å². The lowest BCUT2D eigenvalue weighted by atomic mass is 10.0. The van der Waals surface area contributed by atoms with Gasteiger partial charge in [0.1, 0.15) is 18.4 Å². The summed E-state index contributed by atoms with van der Waals surface area (Å²) in [6.07, 6.45) is 1.67. The van der Waals surface area contributed by atoms with Gasteiger partial charge in [0.25, 0.3) is 5.91 Å². The van der Waals surface area contributed by atoms with Crippen molar-refractivity contribution in [1.82, 2.24) is 10.6 Å². The Kier molecular flexibility index (Phi) is 4.97. The number of carbonyl (C=O) groups is 2. The molecule has 2 aromatic carbocycles. The van der Waals surface area contributed by atoms with E-state index in [2.05, 4.69) is 10.6 Å². The fourth-order valence-corrected chi connectivity index (χ4v) is 2.61. The average Bonchev–Trinajstić information content (AvgIpc) is 2.67. The van der Waals surface area contributed by atoms with E-state index in [0.717, 1.165) is 17.7 Å². The molecule has 0 aromatic heterocycles. The number of halogens is 2. The van der Waals surface area contributed by atoms with Gasteiger partial charge >= 0.3 is 0 Å². The van der Waals surface area contributed by atoms with E-state index < -0.39 is 29.5 Å². The lowest BCUT2D eigenvalue weighted by Crippen LogP contribution is -2.40.